The third-order valence-electron chi connectivity index (χ3n) is 9.32. The number of hydrogen-bond acceptors (Lipinski definition) is 4. The number of hydrogen-bond donors (Lipinski definition) is 0. The van der Waals surface area contributed by atoms with Gasteiger partial charge in [-0.1, -0.05) is 106 Å². The second-order valence-corrected chi connectivity index (χ2v) is 14.1. The van der Waals surface area contributed by atoms with Crippen LogP contribution in [-0.2, 0) is 15.7 Å². The quantitative estimate of drug-likeness (QED) is 0.0907. The van der Waals surface area contributed by atoms with E-state index in [1.54, 1.807) is 6.07 Å². The molecular formula is C44H37F3O4. The van der Waals surface area contributed by atoms with Crippen LogP contribution in [0.3, 0.4) is 0 Å². The van der Waals surface area contributed by atoms with Crippen molar-refractivity contribution in [2.45, 2.75) is 40.8 Å². The lowest BCUT2D eigenvalue weighted by Crippen LogP contribution is -2.11. The maximum absolute atomic E-state index is 13.7. The molecule has 0 amide bonds. The lowest BCUT2D eigenvalue weighted by atomic mass is 9.82. The van der Waals surface area contributed by atoms with Gasteiger partial charge in [0, 0.05) is 10.8 Å². The van der Waals surface area contributed by atoms with Crippen LogP contribution < -0.4 is 0 Å². The second kappa shape index (κ2) is 13.0. The molecule has 7 heteroatoms. The molecule has 51 heavy (non-hydrogen) atoms. The van der Waals surface area contributed by atoms with Crippen LogP contribution in [0.25, 0.3) is 65.3 Å². The minimum atomic E-state index is -4.48. The van der Waals surface area contributed by atoms with Crippen LogP contribution in [0.4, 0.5) is 13.2 Å². The standard InChI is InChI=1S/C44H37F3O4/c1-24(2)22-50-42(48)36-20-18-34-33-17-15-31(28-10-12-29(13-11-28)44(45,46)47)39-37(43(49)51-23-25(3)4)21-19-35(41(33)39)32-16-14-30(38(36)40(32)34)27-8-6-26(5)7-9-27/h6-21,24-25H,22-23H2,1-5H3. The molecule has 258 valence electrons. The second-order valence-electron chi connectivity index (χ2n) is 14.1. The first-order valence-corrected chi connectivity index (χ1v) is 17.1. The molecule has 0 unspecified atom stereocenters. The summed E-state index contributed by atoms with van der Waals surface area (Å²) >= 11 is 0. The topological polar surface area (TPSA) is 52.6 Å². The monoisotopic (exact) mass is 686 g/mol. The molecule has 0 radical (unpaired) electrons. The van der Waals surface area contributed by atoms with E-state index in [0.717, 1.165) is 66.5 Å². The van der Waals surface area contributed by atoms with Crippen LogP contribution in [0.5, 0.6) is 0 Å². The summed E-state index contributed by atoms with van der Waals surface area (Å²) in [5.74, 6) is -0.640. The number of ether oxygens (including phenoxy) is 2. The molecule has 0 N–H and O–H groups in total. The van der Waals surface area contributed by atoms with Crippen molar-refractivity contribution in [3.63, 3.8) is 0 Å². The zero-order chi connectivity index (χ0) is 36.2. The molecule has 0 saturated heterocycles. The van der Waals surface area contributed by atoms with E-state index in [-0.39, 0.29) is 25.0 Å². The first-order chi connectivity index (χ1) is 24.3. The smallest absolute Gasteiger partial charge is 0.416 e. The molecular weight excluding hydrogens is 649 g/mol. The molecule has 0 saturated carbocycles. The highest BCUT2D eigenvalue weighted by molar-refractivity contribution is 6.38. The van der Waals surface area contributed by atoms with Crippen LogP contribution in [0.1, 0.15) is 59.5 Å². The van der Waals surface area contributed by atoms with Crippen molar-refractivity contribution in [3.8, 4) is 22.3 Å². The Hall–Kier alpha value is -5.43. The van der Waals surface area contributed by atoms with Crippen molar-refractivity contribution in [3.05, 3.63) is 119 Å². The fourth-order valence-electron chi connectivity index (χ4n) is 6.92. The van der Waals surface area contributed by atoms with E-state index < -0.39 is 23.7 Å². The normalized spacial score (nSPS) is 12.2. The average molecular weight is 687 g/mol. The van der Waals surface area contributed by atoms with Gasteiger partial charge >= 0.3 is 18.1 Å². The summed E-state index contributed by atoms with van der Waals surface area (Å²) in [6, 6.07) is 28.4. The Labute approximate surface area is 294 Å². The molecule has 7 rings (SSSR count). The van der Waals surface area contributed by atoms with Crippen molar-refractivity contribution in [2.24, 2.45) is 11.8 Å². The maximum Gasteiger partial charge on any atom is 0.416 e. The first kappa shape index (κ1) is 34.0. The average Bonchev–Trinajstić information content (AvgIpc) is 3.11. The molecule has 7 aromatic rings. The number of benzene rings is 7. The Morgan fingerprint density at radius 1 is 0.529 bits per heavy atom. The van der Waals surface area contributed by atoms with Crippen LogP contribution in [-0.4, -0.2) is 25.2 Å². The van der Waals surface area contributed by atoms with E-state index in [1.807, 2.05) is 101 Å². The molecule has 0 atom stereocenters. The summed E-state index contributed by atoms with van der Waals surface area (Å²) in [5.41, 5.74) is 4.16. The lowest BCUT2D eigenvalue weighted by molar-refractivity contribution is -0.137. The fraction of sp³-hybridized carbons (Fsp3) is 0.227. The number of halogens is 3. The van der Waals surface area contributed by atoms with Crippen LogP contribution in [0.15, 0.2) is 97.1 Å². The van der Waals surface area contributed by atoms with Gasteiger partial charge in [-0.05, 0) is 97.6 Å². The Morgan fingerprint density at radius 3 is 1.27 bits per heavy atom. The van der Waals surface area contributed by atoms with Crippen molar-refractivity contribution in [1.29, 1.82) is 0 Å². The molecule has 0 heterocycles. The van der Waals surface area contributed by atoms with Gasteiger partial charge in [0.1, 0.15) is 0 Å². The van der Waals surface area contributed by atoms with Gasteiger partial charge in [0.2, 0.25) is 0 Å². The van der Waals surface area contributed by atoms with Gasteiger partial charge in [0.05, 0.1) is 29.9 Å². The molecule has 0 aliphatic heterocycles. The van der Waals surface area contributed by atoms with E-state index in [1.165, 1.54) is 12.1 Å². The third kappa shape index (κ3) is 6.15. The van der Waals surface area contributed by atoms with E-state index in [2.05, 4.69) is 0 Å². The summed E-state index contributed by atoms with van der Waals surface area (Å²) in [7, 11) is 0. The van der Waals surface area contributed by atoms with Gasteiger partial charge in [-0.25, -0.2) is 9.59 Å². The molecule has 0 aliphatic carbocycles. The van der Waals surface area contributed by atoms with E-state index >= 15 is 0 Å². The Balaban J connectivity index is 1.58. The predicted molar refractivity (Wildman–Crippen MR) is 199 cm³/mol. The Bertz CT molecular complexity index is 2420. The number of carbonyl (C=O) groups excluding carboxylic acids is 2. The van der Waals surface area contributed by atoms with Gasteiger partial charge in [-0.2, -0.15) is 13.2 Å². The Kier molecular flexibility index (Phi) is 8.70. The SMILES string of the molecule is Cc1ccc(-c2ccc3c4ccc(C(=O)OCC(C)C)c5c(-c6ccc(C(F)(F)F)cc6)ccc(c6ccc(C(=O)OCC(C)C)c2c63)c54)cc1. The van der Waals surface area contributed by atoms with Gasteiger partial charge in [0.25, 0.3) is 0 Å². The molecule has 0 spiro atoms. The number of esters is 2. The summed E-state index contributed by atoms with van der Waals surface area (Å²) in [6.07, 6.45) is -4.48. The minimum Gasteiger partial charge on any atom is -0.462 e. The van der Waals surface area contributed by atoms with Gasteiger partial charge in [-0.15, -0.1) is 0 Å². The van der Waals surface area contributed by atoms with E-state index in [9.17, 15) is 22.8 Å². The highest BCUT2D eigenvalue weighted by Gasteiger charge is 2.30. The molecule has 0 aliphatic rings. The molecule has 7 aromatic carbocycles. The van der Waals surface area contributed by atoms with Crippen LogP contribution >= 0.6 is 0 Å². The fourth-order valence-corrected chi connectivity index (χ4v) is 6.92. The predicted octanol–water partition coefficient (Wildman–Crippen LogP) is 12.0. The number of fused-ring (bicyclic) bond motifs is 2. The molecule has 4 nitrogen and oxygen atoms in total. The molecule has 0 bridgehead atoms. The third-order valence-corrected chi connectivity index (χ3v) is 9.32. The van der Waals surface area contributed by atoms with Gasteiger partial charge < -0.3 is 9.47 Å². The van der Waals surface area contributed by atoms with Crippen molar-refractivity contribution < 1.29 is 32.2 Å². The van der Waals surface area contributed by atoms with Crippen molar-refractivity contribution in [2.75, 3.05) is 13.2 Å². The zero-order valence-corrected chi connectivity index (χ0v) is 29.1. The lowest BCUT2D eigenvalue weighted by Gasteiger charge is -2.21. The summed E-state index contributed by atoms with van der Waals surface area (Å²) in [6.45, 7) is 10.4. The van der Waals surface area contributed by atoms with E-state index in [4.69, 9.17) is 9.47 Å². The van der Waals surface area contributed by atoms with Crippen molar-refractivity contribution >= 4 is 55.0 Å². The number of rotatable bonds is 8. The minimum absolute atomic E-state index is 0.108. The first-order valence-electron chi connectivity index (χ1n) is 17.1. The number of alkyl halides is 3. The summed E-state index contributed by atoms with van der Waals surface area (Å²) < 4.78 is 52.1. The van der Waals surface area contributed by atoms with Gasteiger partial charge in [0.15, 0.2) is 0 Å². The summed E-state index contributed by atoms with van der Waals surface area (Å²) in [5, 5.41) is 6.48. The highest BCUT2D eigenvalue weighted by Crippen LogP contribution is 2.47. The Morgan fingerprint density at radius 2 is 0.902 bits per heavy atom. The molecule has 0 fully saturated rings. The summed E-state index contributed by atoms with van der Waals surface area (Å²) in [4.78, 5) is 27.5. The van der Waals surface area contributed by atoms with Crippen LogP contribution in [0.2, 0.25) is 0 Å². The maximum atomic E-state index is 13.7. The van der Waals surface area contributed by atoms with Gasteiger partial charge in [-0.3, -0.25) is 0 Å². The number of carbonyl (C=O) groups is 2. The highest BCUT2D eigenvalue weighted by atomic mass is 19.4. The number of aryl methyl sites for hydroxylation is 1. The zero-order valence-electron chi connectivity index (χ0n) is 29.1. The largest absolute Gasteiger partial charge is 0.462 e. The van der Waals surface area contributed by atoms with Crippen LogP contribution in [0, 0.1) is 18.8 Å². The molecule has 0 aromatic heterocycles. The van der Waals surface area contributed by atoms with E-state index in [0.29, 0.717) is 27.6 Å². The van der Waals surface area contributed by atoms with Crippen molar-refractivity contribution in [1.82, 2.24) is 0 Å².